The molecule has 0 spiro atoms. The van der Waals surface area contributed by atoms with Crippen LogP contribution in [0.3, 0.4) is 0 Å². The largest absolute Gasteiger partial charge is 0.443 e. The second-order valence-corrected chi connectivity index (χ2v) is 3.83. The molecule has 1 saturated heterocycles. The Balaban J connectivity index is 0.00000200. The average Bonchev–Trinajstić information content (AvgIpc) is 2.33. The van der Waals surface area contributed by atoms with Crippen LogP contribution in [-0.2, 0) is 4.74 Å². The van der Waals surface area contributed by atoms with E-state index in [-0.39, 0.29) is 18.0 Å². The van der Waals surface area contributed by atoms with E-state index >= 15 is 0 Å². The first-order valence-electron chi connectivity index (χ1n) is 5.25. The van der Waals surface area contributed by atoms with Crippen molar-refractivity contribution >= 4 is 18.5 Å². The number of ether oxygens (including phenoxy) is 2. The molecule has 2 rings (SSSR count). The molecule has 1 heterocycles. The number of benzene rings is 1. The summed E-state index contributed by atoms with van der Waals surface area (Å²) >= 11 is 0. The summed E-state index contributed by atoms with van der Waals surface area (Å²) in [4.78, 5) is 11.0. The third-order valence-electron chi connectivity index (χ3n) is 2.53. The van der Waals surface area contributed by atoms with Crippen LogP contribution in [0.4, 0.5) is 22.4 Å². The highest BCUT2D eigenvalue weighted by Gasteiger charge is 2.48. The summed E-state index contributed by atoms with van der Waals surface area (Å²) < 4.78 is 60.1. The van der Waals surface area contributed by atoms with Crippen LogP contribution in [0.5, 0.6) is 5.75 Å². The van der Waals surface area contributed by atoms with Gasteiger partial charge >= 0.3 is 18.6 Å². The van der Waals surface area contributed by atoms with E-state index in [1.54, 1.807) is 0 Å². The highest BCUT2D eigenvalue weighted by atomic mass is 35.5. The maximum absolute atomic E-state index is 13.7. The normalized spacial score (nSPS) is 20.6. The Hall–Kier alpha value is -1.70. The number of hydrogen-bond donors (Lipinski definition) is 1. The number of amides is 1. The summed E-state index contributed by atoms with van der Waals surface area (Å²) in [6.07, 6.45) is -1.04. The number of alkyl carbamates (subject to hydrolysis) is 1. The van der Waals surface area contributed by atoms with Crippen molar-refractivity contribution < 1.29 is 31.8 Å². The van der Waals surface area contributed by atoms with Crippen LogP contribution < -0.4 is 10.1 Å². The van der Waals surface area contributed by atoms with Gasteiger partial charge in [-0.05, 0) is 6.07 Å². The Bertz CT molecular complexity index is 486. The van der Waals surface area contributed by atoms with Gasteiger partial charge < -0.3 is 14.8 Å². The summed E-state index contributed by atoms with van der Waals surface area (Å²) in [5.41, 5.74) is -0.232. The van der Waals surface area contributed by atoms with E-state index < -0.39 is 37.0 Å². The van der Waals surface area contributed by atoms with E-state index in [0.29, 0.717) is 0 Å². The fraction of sp³-hybridized carbons (Fsp3) is 0.364. The first-order valence-corrected chi connectivity index (χ1v) is 5.25. The molecule has 4 nitrogen and oxygen atoms in total. The molecule has 112 valence electrons. The molecule has 1 aliphatic heterocycles. The van der Waals surface area contributed by atoms with Gasteiger partial charge in [0, 0.05) is 5.56 Å². The number of hydrogen-bond acceptors (Lipinski definition) is 3. The molecule has 1 aromatic rings. The Kier molecular flexibility index (Phi) is 5.04. The first-order chi connectivity index (χ1) is 8.90. The fourth-order valence-corrected chi connectivity index (χ4v) is 1.74. The minimum atomic E-state index is -3.42. The van der Waals surface area contributed by atoms with Crippen LogP contribution in [0.15, 0.2) is 24.3 Å². The minimum absolute atomic E-state index is 0. The number of alkyl halides is 4. The summed E-state index contributed by atoms with van der Waals surface area (Å²) in [6, 6.07) is 3.27. The molecular formula is C11H10ClF4NO3. The predicted molar refractivity (Wildman–Crippen MR) is 62.5 cm³/mol. The number of carbonyl (C=O) groups excluding carboxylic acids is 1. The Morgan fingerprint density at radius 3 is 2.65 bits per heavy atom. The number of para-hydroxylation sites is 1. The van der Waals surface area contributed by atoms with Crippen molar-refractivity contribution in [3.8, 4) is 5.75 Å². The van der Waals surface area contributed by atoms with E-state index in [4.69, 9.17) is 0 Å². The zero-order chi connectivity index (χ0) is 14.0. The van der Waals surface area contributed by atoms with Gasteiger partial charge in [-0.2, -0.15) is 8.78 Å². The van der Waals surface area contributed by atoms with Crippen LogP contribution in [0.2, 0.25) is 0 Å². The summed E-state index contributed by atoms with van der Waals surface area (Å²) in [6.45, 7) is -4.27. The maximum atomic E-state index is 13.7. The lowest BCUT2D eigenvalue weighted by Crippen LogP contribution is -2.49. The first kappa shape index (κ1) is 16.4. The van der Waals surface area contributed by atoms with Gasteiger partial charge in [-0.3, -0.25) is 0 Å². The van der Waals surface area contributed by atoms with E-state index in [2.05, 4.69) is 9.47 Å². The maximum Gasteiger partial charge on any atom is 0.408 e. The van der Waals surface area contributed by atoms with E-state index in [9.17, 15) is 22.4 Å². The van der Waals surface area contributed by atoms with Crippen molar-refractivity contribution in [3.63, 3.8) is 0 Å². The zero-order valence-corrected chi connectivity index (χ0v) is 10.6. The number of cyclic esters (lactones) is 1. The van der Waals surface area contributed by atoms with Gasteiger partial charge in [-0.1, -0.05) is 18.2 Å². The third kappa shape index (κ3) is 3.44. The standard InChI is InChI=1S/C11H9F4NO3.ClH/c12-9(13)19-7-4-2-1-3-6(7)8-11(14,15)5-18-10(17)16-8;/h1-4,8-9H,5H2,(H,16,17);1H/t8-;/m0./s1. The van der Waals surface area contributed by atoms with Crippen molar-refractivity contribution in [1.82, 2.24) is 5.32 Å². The highest BCUT2D eigenvalue weighted by Crippen LogP contribution is 2.38. The van der Waals surface area contributed by atoms with Crippen LogP contribution in [0, 0.1) is 0 Å². The van der Waals surface area contributed by atoms with Gasteiger partial charge in [0.1, 0.15) is 11.8 Å². The minimum Gasteiger partial charge on any atom is -0.443 e. The fourth-order valence-electron chi connectivity index (χ4n) is 1.74. The molecule has 0 unspecified atom stereocenters. The Labute approximate surface area is 117 Å². The second kappa shape index (κ2) is 6.17. The SMILES string of the molecule is Cl.O=C1N[C@@H](c2ccccc2OC(F)F)C(F)(F)CO1. The lowest BCUT2D eigenvalue weighted by atomic mass is 9.99. The molecular weight excluding hydrogens is 306 g/mol. The monoisotopic (exact) mass is 315 g/mol. The molecule has 9 heteroatoms. The van der Waals surface area contributed by atoms with Crippen molar-refractivity contribution in [2.75, 3.05) is 6.61 Å². The smallest absolute Gasteiger partial charge is 0.408 e. The van der Waals surface area contributed by atoms with Gasteiger partial charge in [-0.15, -0.1) is 12.4 Å². The molecule has 1 fully saturated rings. The van der Waals surface area contributed by atoms with Gasteiger partial charge in [0.25, 0.3) is 0 Å². The van der Waals surface area contributed by atoms with Crippen molar-refractivity contribution in [3.05, 3.63) is 29.8 Å². The van der Waals surface area contributed by atoms with Gasteiger partial charge in [0.15, 0.2) is 6.61 Å². The third-order valence-corrected chi connectivity index (χ3v) is 2.53. The molecule has 20 heavy (non-hydrogen) atoms. The number of nitrogens with one attached hydrogen (secondary N) is 1. The summed E-state index contributed by atoms with van der Waals surface area (Å²) in [5, 5.41) is 1.90. The van der Waals surface area contributed by atoms with Crippen LogP contribution in [-0.4, -0.2) is 25.2 Å². The molecule has 0 bridgehead atoms. The molecule has 0 saturated carbocycles. The molecule has 0 aliphatic carbocycles. The quantitative estimate of drug-likeness (QED) is 0.872. The number of carbonyl (C=O) groups is 1. The lowest BCUT2D eigenvalue weighted by Gasteiger charge is -2.32. The van der Waals surface area contributed by atoms with Crippen molar-refractivity contribution in [1.29, 1.82) is 0 Å². The van der Waals surface area contributed by atoms with Gasteiger partial charge in [-0.25, -0.2) is 13.6 Å². The predicted octanol–water partition coefficient (Wildman–Crippen LogP) is 3.13. The highest BCUT2D eigenvalue weighted by molar-refractivity contribution is 5.85. The van der Waals surface area contributed by atoms with E-state index in [1.807, 2.05) is 5.32 Å². The number of rotatable bonds is 3. The molecule has 0 radical (unpaired) electrons. The molecule has 0 aromatic heterocycles. The Morgan fingerprint density at radius 1 is 1.35 bits per heavy atom. The van der Waals surface area contributed by atoms with Crippen LogP contribution in [0.1, 0.15) is 11.6 Å². The van der Waals surface area contributed by atoms with Crippen LogP contribution in [0.25, 0.3) is 0 Å². The van der Waals surface area contributed by atoms with Gasteiger partial charge in [0.05, 0.1) is 0 Å². The number of halogens is 5. The zero-order valence-electron chi connectivity index (χ0n) is 9.82. The lowest BCUT2D eigenvalue weighted by molar-refractivity contribution is -0.106. The van der Waals surface area contributed by atoms with E-state index in [1.165, 1.54) is 18.2 Å². The molecule has 1 atom stereocenters. The molecule has 1 amide bonds. The van der Waals surface area contributed by atoms with Crippen molar-refractivity contribution in [2.45, 2.75) is 18.6 Å². The van der Waals surface area contributed by atoms with E-state index in [0.717, 1.165) is 6.07 Å². The molecule has 1 aliphatic rings. The molecule has 1 aromatic carbocycles. The summed E-state index contributed by atoms with van der Waals surface area (Å²) in [7, 11) is 0. The summed E-state index contributed by atoms with van der Waals surface area (Å²) in [5.74, 6) is -3.83. The second-order valence-electron chi connectivity index (χ2n) is 3.83. The van der Waals surface area contributed by atoms with Gasteiger partial charge in [0.2, 0.25) is 0 Å². The Morgan fingerprint density at radius 2 is 2.00 bits per heavy atom. The average molecular weight is 316 g/mol. The van der Waals surface area contributed by atoms with Crippen LogP contribution >= 0.6 is 12.4 Å². The topological polar surface area (TPSA) is 47.6 Å². The molecule has 1 N–H and O–H groups in total. The van der Waals surface area contributed by atoms with Crippen molar-refractivity contribution in [2.24, 2.45) is 0 Å².